The number of amides is 1. The molecule has 0 saturated heterocycles. The summed E-state index contributed by atoms with van der Waals surface area (Å²) >= 11 is 5.25. The highest BCUT2D eigenvalue weighted by molar-refractivity contribution is 6.67. The summed E-state index contributed by atoms with van der Waals surface area (Å²) in [6, 6.07) is 6.20. The molecule has 0 spiro atoms. The van der Waals surface area contributed by atoms with Gasteiger partial charge in [-0.1, -0.05) is 6.07 Å². The van der Waals surface area contributed by atoms with E-state index in [0.717, 1.165) is 0 Å². The van der Waals surface area contributed by atoms with Crippen LogP contribution in [0.3, 0.4) is 0 Å². The number of carbonyl (C=O) groups excluding carboxylic acids is 2. The van der Waals surface area contributed by atoms with Crippen LogP contribution in [0, 0.1) is 0 Å². The monoisotopic (exact) mass is 213 g/mol. The van der Waals surface area contributed by atoms with E-state index in [0.29, 0.717) is 11.3 Å². The molecule has 1 rings (SSSR count). The molecule has 0 atom stereocenters. The Bertz CT molecular complexity index is 365. The Balaban J connectivity index is 2.73. The van der Waals surface area contributed by atoms with Crippen molar-refractivity contribution in [3.63, 3.8) is 0 Å². The van der Waals surface area contributed by atoms with Crippen molar-refractivity contribution in [1.82, 2.24) is 0 Å². The summed E-state index contributed by atoms with van der Waals surface area (Å²) in [6.07, 6.45) is 0. The van der Waals surface area contributed by atoms with Crippen molar-refractivity contribution in [2.24, 2.45) is 5.73 Å². The molecule has 1 aromatic rings. The van der Waals surface area contributed by atoms with Crippen molar-refractivity contribution < 1.29 is 14.3 Å². The van der Waals surface area contributed by atoms with E-state index in [-0.39, 0.29) is 6.61 Å². The minimum atomic E-state index is -0.576. The summed E-state index contributed by atoms with van der Waals surface area (Å²) in [5.41, 5.74) is 5.19. The summed E-state index contributed by atoms with van der Waals surface area (Å²) in [5.74, 6) is -0.192. The van der Waals surface area contributed by atoms with Gasteiger partial charge >= 0.3 is 0 Å². The fourth-order valence-electron chi connectivity index (χ4n) is 0.863. The van der Waals surface area contributed by atoms with Crippen LogP contribution in [0.15, 0.2) is 24.3 Å². The number of nitrogens with two attached hydrogens (primary N) is 1. The molecule has 1 aromatic carbocycles. The first kappa shape index (κ1) is 10.5. The van der Waals surface area contributed by atoms with Crippen molar-refractivity contribution >= 4 is 22.8 Å². The van der Waals surface area contributed by atoms with Gasteiger partial charge in [-0.3, -0.25) is 9.59 Å². The number of ether oxygens (including phenoxy) is 1. The topological polar surface area (TPSA) is 69.4 Å². The third-order valence-electron chi connectivity index (χ3n) is 1.44. The van der Waals surface area contributed by atoms with E-state index in [9.17, 15) is 9.59 Å². The maximum atomic E-state index is 10.8. The largest absolute Gasteiger partial charge is 0.484 e. The summed E-state index contributed by atoms with van der Waals surface area (Å²) in [5, 5.41) is -0.575. The molecule has 1 amide bonds. The molecule has 0 aromatic heterocycles. The first-order valence-electron chi connectivity index (χ1n) is 3.80. The highest BCUT2D eigenvalue weighted by Gasteiger charge is 2.03. The van der Waals surface area contributed by atoms with Gasteiger partial charge in [-0.2, -0.15) is 0 Å². The lowest BCUT2D eigenvalue weighted by atomic mass is 10.2. The van der Waals surface area contributed by atoms with Gasteiger partial charge in [0.2, 0.25) is 0 Å². The van der Waals surface area contributed by atoms with Gasteiger partial charge in [-0.05, 0) is 29.8 Å². The zero-order valence-electron chi connectivity index (χ0n) is 7.20. The van der Waals surface area contributed by atoms with E-state index >= 15 is 0 Å². The summed E-state index contributed by atoms with van der Waals surface area (Å²) in [7, 11) is 0. The third-order valence-corrected chi connectivity index (χ3v) is 1.66. The fraction of sp³-hybridized carbons (Fsp3) is 0.111. The molecule has 5 heteroatoms. The van der Waals surface area contributed by atoms with E-state index in [2.05, 4.69) is 0 Å². The third kappa shape index (κ3) is 3.06. The molecular weight excluding hydrogens is 206 g/mol. The van der Waals surface area contributed by atoms with Crippen LogP contribution in [0.25, 0.3) is 0 Å². The van der Waals surface area contributed by atoms with Gasteiger partial charge in [-0.25, -0.2) is 0 Å². The van der Waals surface area contributed by atoms with E-state index in [1.54, 1.807) is 18.2 Å². The zero-order valence-corrected chi connectivity index (χ0v) is 7.95. The summed E-state index contributed by atoms with van der Waals surface area (Å²) < 4.78 is 4.97. The molecule has 14 heavy (non-hydrogen) atoms. The van der Waals surface area contributed by atoms with Gasteiger partial charge in [-0.15, -0.1) is 0 Å². The van der Waals surface area contributed by atoms with Crippen LogP contribution < -0.4 is 10.5 Å². The smallest absolute Gasteiger partial charge is 0.255 e. The van der Waals surface area contributed by atoms with Crippen LogP contribution in [0.1, 0.15) is 10.4 Å². The van der Waals surface area contributed by atoms with Crippen molar-refractivity contribution in [3.8, 4) is 5.75 Å². The number of hydrogen-bond donors (Lipinski definition) is 1. The van der Waals surface area contributed by atoms with Gasteiger partial charge in [0.15, 0.2) is 6.61 Å². The van der Waals surface area contributed by atoms with Crippen LogP contribution in [0.5, 0.6) is 5.75 Å². The lowest BCUT2D eigenvalue weighted by Gasteiger charge is -2.03. The molecule has 0 aliphatic rings. The first-order valence-corrected chi connectivity index (χ1v) is 4.18. The Labute approximate surface area is 85.6 Å². The lowest BCUT2D eigenvalue weighted by Crippen LogP contribution is -2.20. The Morgan fingerprint density at radius 1 is 1.43 bits per heavy atom. The molecule has 0 fully saturated rings. The zero-order chi connectivity index (χ0) is 10.6. The minimum absolute atomic E-state index is 0.222. The molecule has 0 saturated carbocycles. The van der Waals surface area contributed by atoms with Crippen molar-refractivity contribution in [2.45, 2.75) is 0 Å². The highest BCUT2D eigenvalue weighted by Crippen LogP contribution is 2.14. The van der Waals surface area contributed by atoms with Crippen LogP contribution in [-0.2, 0) is 4.79 Å². The predicted molar refractivity (Wildman–Crippen MR) is 51.3 cm³/mol. The molecule has 74 valence electrons. The Hall–Kier alpha value is -1.55. The predicted octanol–water partition coefficient (Wildman–Crippen LogP) is 0.930. The van der Waals surface area contributed by atoms with E-state index in [1.807, 2.05) is 0 Å². The fourth-order valence-corrected chi connectivity index (χ4v) is 0.980. The van der Waals surface area contributed by atoms with Crippen LogP contribution in [0.2, 0.25) is 0 Å². The van der Waals surface area contributed by atoms with Gasteiger partial charge in [0.1, 0.15) is 5.75 Å². The molecule has 4 nitrogen and oxygen atoms in total. The minimum Gasteiger partial charge on any atom is -0.484 e. The maximum Gasteiger partial charge on any atom is 0.255 e. The van der Waals surface area contributed by atoms with E-state index in [4.69, 9.17) is 22.1 Å². The molecular formula is C9H8ClNO3. The van der Waals surface area contributed by atoms with Crippen molar-refractivity contribution in [1.29, 1.82) is 0 Å². The molecule has 0 radical (unpaired) electrons. The van der Waals surface area contributed by atoms with E-state index < -0.39 is 11.1 Å². The molecule has 0 bridgehead atoms. The quantitative estimate of drug-likeness (QED) is 0.757. The standard InChI is InChI=1S/C9H8ClNO3/c10-9(13)6-2-1-3-7(4-6)14-5-8(11)12/h1-4H,5H2,(H2,11,12). The number of hydrogen-bond acceptors (Lipinski definition) is 3. The second kappa shape index (κ2) is 4.62. The Morgan fingerprint density at radius 3 is 2.71 bits per heavy atom. The number of rotatable bonds is 4. The van der Waals surface area contributed by atoms with Crippen molar-refractivity contribution in [3.05, 3.63) is 29.8 Å². The summed E-state index contributed by atoms with van der Waals surface area (Å²) in [4.78, 5) is 21.1. The molecule has 0 unspecified atom stereocenters. The van der Waals surface area contributed by atoms with Gasteiger partial charge < -0.3 is 10.5 Å². The lowest BCUT2D eigenvalue weighted by molar-refractivity contribution is -0.119. The maximum absolute atomic E-state index is 10.8. The van der Waals surface area contributed by atoms with Gasteiger partial charge in [0.25, 0.3) is 11.1 Å². The van der Waals surface area contributed by atoms with Gasteiger partial charge in [0, 0.05) is 5.56 Å². The second-order valence-electron chi connectivity index (χ2n) is 2.56. The second-order valence-corrected chi connectivity index (χ2v) is 2.90. The number of benzene rings is 1. The molecule has 0 aliphatic heterocycles. The van der Waals surface area contributed by atoms with Crippen LogP contribution in [0.4, 0.5) is 0 Å². The number of carbonyl (C=O) groups is 2. The highest BCUT2D eigenvalue weighted by atomic mass is 35.5. The molecule has 0 heterocycles. The Kier molecular flexibility index (Phi) is 3.48. The normalized spacial score (nSPS) is 9.50. The average molecular weight is 214 g/mol. The van der Waals surface area contributed by atoms with Crippen LogP contribution >= 0.6 is 11.6 Å². The average Bonchev–Trinajstić information content (AvgIpc) is 2.15. The van der Waals surface area contributed by atoms with Crippen LogP contribution in [-0.4, -0.2) is 17.8 Å². The number of halogens is 1. The Morgan fingerprint density at radius 2 is 2.14 bits per heavy atom. The SMILES string of the molecule is NC(=O)COc1cccc(C(=O)Cl)c1. The van der Waals surface area contributed by atoms with E-state index in [1.165, 1.54) is 6.07 Å². The van der Waals surface area contributed by atoms with Gasteiger partial charge in [0.05, 0.1) is 0 Å². The summed E-state index contributed by atoms with van der Waals surface area (Å²) in [6.45, 7) is -0.222. The molecule has 2 N–H and O–H groups in total. The molecule has 0 aliphatic carbocycles. The van der Waals surface area contributed by atoms with Crippen molar-refractivity contribution in [2.75, 3.05) is 6.61 Å². The first-order chi connectivity index (χ1) is 6.59. The number of primary amides is 1.